The monoisotopic (exact) mass is 411 g/mol. The molecule has 164 valence electrons. The van der Waals surface area contributed by atoms with Crippen molar-refractivity contribution in [2.45, 2.75) is 26.7 Å². The van der Waals surface area contributed by atoms with Crippen LogP contribution >= 0.6 is 0 Å². The largest absolute Gasteiger partial charge is 0.395 e. The van der Waals surface area contributed by atoms with Gasteiger partial charge in [0.1, 0.15) is 0 Å². The maximum atomic E-state index is 12.5. The van der Waals surface area contributed by atoms with Gasteiger partial charge >= 0.3 is 0 Å². The number of nitrogens with one attached hydrogen (secondary N) is 3. The minimum absolute atomic E-state index is 0.00519. The van der Waals surface area contributed by atoms with Crippen LogP contribution in [0.1, 0.15) is 26.7 Å². The van der Waals surface area contributed by atoms with Gasteiger partial charge in [-0.15, -0.1) is 0 Å². The summed E-state index contributed by atoms with van der Waals surface area (Å²) in [6.07, 6.45) is 3.71. The third-order valence-corrected chi connectivity index (χ3v) is 3.69. The molecular weight excluding hydrogens is 378 g/mol. The molecule has 29 heavy (non-hydrogen) atoms. The average molecular weight is 411 g/mol. The third kappa shape index (κ3) is 11.8. The molecule has 0 aliphatic heterocycles. The van der Waals surface area contributed by atoms with E-state index in [4.69, 9.17) is 15.3 Å². The minimum atomic E-state index is -0.577. The molecule has 0 aromatic carbocycles. The first kappa shape index (κ1) is 26.5. The molecule has 0 rings (SSSR count). The molecule has 0 spiro atoms. The molecule has 0 saturated carbocycles. The Kier molecular flexibility index (Phi) is 14.1. The highest BCUT2D eigenvalue weighted by Gasteiger charge is 2.16. The van der Waals surface area contributed by atoms with Crippen molar-refractivity contribution in [3.8, 4) is 0 Å². The molecule has 0 heterocycles. The fraction of sp³-hybridized carbons (Fsp3) is 0.550. The molecule has 9 nitrogen and oxygen atoms in total. The third-order valence-electron chi connectivity index (χ3n) is 3.69. The summed E-state index contributed by atoms with van der Waals surface area (Å²) in [6, 6.07) is 0. The quantitative estimate of drug-likeness (QED) is 0.162. The van der Waals surface area contributed by atoms with Gasteiger partial charge in [0.25, 0.3) is 11.8 Å². The van der Waals surface area contributed by atoms with Crippen LogP contribution in [0.15, 0.2) is 35.5 Å². The average Bonchev–Trinajstić information content (AvgIpc) is 2.69. The summed E-state index contributed by atoms with van der Waals surface area (Å²) in [5.74, 6) is -1.24. The summed E-state index contributed by atoms with van der Waals surface area (Å²) in [6.45, 7) is 7.02. The van der Waals surface area contributed by atoms with Gasteiger partial charge in [0.05, 0.1) is 19.8 Å². The highest BCUT2D eigenvalue weighted by atomic mass is 16.3. The van der Waals surface area contributed by atoms with Gasteiger partial charge in [-0.2, -0.15) is 0 Å². The van der Waals surface area contributed by atoms with E-state index in [0.717, 1.165) is 0 Å². The van der Waals surface area contributed by atoms with Gasteiger partial charge in [0, 0.05) is 36.4 Å². The second-order valence-corrected chi connectivity index (χ2v) is 6.67. The molecule has 0 aromatic rings. The number of carbonyl (C=O) groups is 3. The number of aliphatic hydroxyl groups excluding tert-OH is 3. The van der Waals surface area contributed by atoms with Crippen molar-refractivity contribution in [1.29, 1.82) is 0 Å². The first-order chi connectivity index (χ1) is 13.8. The molecule has 0 atom stereocenters. The van der Waals surface area contributed by atoms with Crippen LogP contribution < -0.4 is 16.0 Å². The Balaban J connectivity index is 5.83. The van der Waals surface area contributed by atoms with Crippen LogP contribution in [0.25, 0.3) is 0 Å². The molecule has 0 fully saturated rings. The van der Waals surface area contributed by atoms with Crippen LogP contribution in [0.3, 0.4) is 0 Å². The number of amides is 3. The molecule has 0 radical (unpaired) electrons. The van der Waals surface area contributed by atoms with Crippen LogP contribution in [0.5, 0.6) is 0 Å². The summed E-state index contributed by atoms with van der Waals surface area (Å²) in [7, 11) is 0. The van der Waals surface area contributed by atoms with E-state index >= 15 is 0 Å². The standard InChI is InChI=1S/C20H33N3O6/c1-14(2)4-5-16(19(28)22-7-10-25)13-17(20(29)23-8-11-26)12-15(3)18(27)21-6-9-24/h12-14,24-26H,3-11H2,1-2H3,(H,21,27)(H,22,28)(H,23,29)/b16-13+,17-12+. The summed E-state index contributed by atoms with van der Waals surface area (Å²) in [5, 5.41) is 34.1. The Morgan fingerprint density at radius 1 is 0.828 bits per heavy atom. The molecule has 0 aliphatic rings. The predicted octanol–water partition coefficient (Wildman–Crippen LogP) is -0.843. The van der Waals surface area contributed by atoms with E-state index in [1.54, 1.807) is 0 Å². The second kappa shape index (κ2) is 15.4. The fourth-order valence-electron chi connectivity index (χ4n) is 2.15. The van der Waals surface area contributed by atoms with E-state index < -0.39 is 17.7 Å². The number of aliphatic hydroxyl groups is 3. The molecule has 0 unspecified atom stereocenters. The smallest absolute Gasteiger partial charge is 0.251 e. The molecule has 0 aromatic heterocycles. The summed E-state index contributed by atoms with van der Waals surface area (Å²) >= 11 is 0. The lowest BCUT2D eigenvalue weighted by Gasteiger charge is -2.12. The van der Waals surface area contributed by atoms with E-state index in [1.807, 2.05) is 13.8 Å². The van der Waals surface area contributed by atoms with E-state index in [1.165, 1.54) is 12.2 Å². The molecule has 6 N–H and O–H groups in total. The lowest BCUT2D eigenvalue weighted by Crippen LogP contribution is -2.31. The van der Waals surface area contributed by atoms with E-state index in [9.17, 15) is 14.4 Å². The van der Waals surface area contributed by atoms with Crippen LogP contribution in [0.2, 0.25) is 0 Å². The Morgan fingerprint density at radius 3 is 1.79 bits per heavy atom. The van der Waals surface area contributed by atoms with Crippen molar-refractivity contribution in [3.63, 3.8) is 0 Å². The van der Waals surface area contributed by atoms with Crippen molar-refractivity contribution in [2.75, 3.05) is 39.5 Å². The van der Waals surface area contributed by atoms with Gasteiger partial charge in [0.15, 0.2) is 0 Å². The van der Waals surface area contributed by atoms with Crippen LogP contribution in [-0.2, 0) is 14.4 Å². The van der Waals surface area contributed by atoms with E-state index in [0.29, 0.717) is 24.3 Å². The number of carbonyl (C=O) groups excluding carboxylic acids is 3. The maximum Gasteiger partial charge on any atom is 0.251 e. The number of hydrogen-bond acceptors (Lipinski definition) is 6. The zero-order valence-electron chi connectivity index (χ0n) is 17.2. The zero-order chi connectivity index (χ0) is 22.2. The lowest BCUT2D eigenvalue weighted by atomic mass is 9.99. The molecule has 3 amide bonds. The Hall–Kier alpha value is -2.49. The van der Waals surface area contributed by atoms with Crippen molar-refractivity contribution in [1.82, 2.24) is 16.0 Å². The second-order valence-electron chi connectivity index (χ2n) is 6.67. The maximum absolute atomic E-state index is 12.5. The van der Waals surface area contributed by atoms with Gasteiger partial charge in [-0.25, -0.2) is 0 Å². The molecular formula is C20H33N3O6. The number of hydrogen-bond donors (Lipinski definition) is 6. The Labute approximate surface area is 171 Å². The van der Waals surface area contributed by atoms with Gasteiger partial charge in [0.2, 0.25) is 5.91 Å². The first-order valence-electron chi connectivity index (χ1n) is 9.55. The Bertz CT molecular complexity index is 626. The summed E-state index contributed by atoms with van der Waals surface area (Å²) in [4.78, 5) is 36.9. The fourth-order valence-corrected chi connectivity index (χ4v) is 2.15. The van der Waals surface area contributed by atoms with Gasteiger partial charge in [-0.05, 0) is 30.9 Å². The first-order valence-corrected chi connectivity index (χ1v) is 9.55. The number of rotatable bonds is 14. The van der Waals surface area contributed by atoms with Gasteiger partial charge in [-0.3, -0.25) is 14.4 Å². The molecule has 0 aliphatic carbocycles. The predicted molar refractivity (Wildman–Crippen MR) is 110 cm³/mol. The lowest BCUT2D eigenvalue weighted by molar-refractivity contribution is -0.118. The molecule has 0 saturated heterocycles. The van der Waals surface area contributed by atoms with Crippen LogP contribution in [-0.4, -0.2) is 72.5 Å². The van der Waals surface area contributed by atoms with Crippen LogP contribution in [0.4, 0.5) is 0 Å². The topological polar surface area (TPSA) is 148 Å². The van der Waals surface area contributed by atoms with E-state index in [-0.39, 0.29) is 50.6 Å². The highest BCUT2D eigenvalue weighted by molar-refractivity contribution is 6.03. The van der Waals surface area contributed by atoms with Crippen molar-refractivity contribution < 1.29 is 29.7 Å². The summed E-state index contributed by atoms with van der Waals surface area (Å²) in [5.41, 5.74) is 0.324. The Morgan fingerprint density at radius 2 is 1.31 bits per heavy atom. The van der Waals surface area contributed by atoms with Gasteiger partial charge in [-0.1, -0.05) is 20.4 Å². The molecule has 9 heteroatoms. The van der Waals surface area contributed by atoms with Crippen molar-refractivity contribution in [3.05, 3.63) is 35.5 Å². The van der Waals surface area contributed by atoms with Crippen LogP contribution in [0, 0.1) is 5.92 Å². The van der Waals surface area contributed by atoms with Crippen molar-refractivity contribution in [2.24, 2.45) is 5.92 Å². The van der Waals surface area contributed by atoms with Crippen molar-refractivity contribution >= 4 is 17.7 Å². The zero-order valence-corrected chi connectivity index (χ0v) is 17.2. The van der Waals surface area contributed by atoms with E-state index in [2.05, 4.69) is 22.5 Å². The highest BCUT2D eigenvalue weighted by Crippen LogP contribution is 2.15. The minimum Gasteiger partial charge on any atom is -0.395 e. The van der Waals surface area contributed by atoms with Gasteiger partial charge < -0.3 is 31.3 Å². The SMILES string of the molecule is C=C(/C=C(\C=C(/CCC(C)C)C(=O)NCCO)C(=O)NCCO)C(=O)NCCO. The normalized spacial score (nSPS) is 11.9. The molecule has 0 bridgehead atoms. The summed E-state index contributed by atoms with van der Waals surface area (Å²) < 4.78 is 0.